The summed E-state index contributed by atoms with van der Waals surface area (Å²) >= 11 is 4.68. The largest absolute Gasteiger partial charge is 0.476 e. The molecule has 0 heterocycles. The highest BCUT2D eigenvalue weighted by Gasteiger charge is 2.47. The molecule has 0 aliphatic heterocycles. The lowest BCUT2D eigenvalue weighted by Gasteiger charge is -2.25. The molecular weight excluding hydrogens is 519 g/mol. The molecule has 5 unspecified atom stereocenters. The van der Waals surface area contributed by atoms with Gasteiger partial charge in [0, 0.05) is 0 Å². The summed E-state index contributed by atoms with van der Waals surface area (Å²) in [5.41, 5.74) is -0.328. The number of unbranched alkanes of at least 4 members (excludes halogenated alkanes) is 15. The average Bonchev–Trinajstić information content (AvgIpc) is 2.90. The van der Waals surface area contributed by atoms with Crippen LogP contribution < -0.4 is 0 Å². The second-order valence-electron chi connectivity index (χ2n) is 11.0. The van der Waals surface area contributed by atoms with Crippen molar-refractivity contribution in [2.24, 2.45) is 5.92 Å². The Kier molecular flexibility index (Phi) is 25.6. The molecule has 0 aliphatic rings. The van der Waals surface area contributed by atoms with Gasteiger partial charge in [-0.15, -0.1) is 12.6 Å². The molecule has 0 aliphatic carbocycles. The van der Waals surface area contributed by atoms with E-state index in [1.54, 1.807) is 0 Å². The number of carboxylic acid groups (broad SMARTS) is 1. The molecule has 0 amide bonds. The summed E-state index contributed by atoms with van der Waals surface area (Å²) in [4.78, 5) is 11.2. The van der Waals surface area contributed by atoms with Crippen molar-refractivity contribution in [1.29, 1.82) is 0 Å². The van der Waals surface area contributed by atoms with Gasteiger partial charge >= 0.3 is 19.8 Å². The first-order chi connectivity index (χ1) is 18.3. The third-order valence-electron chi connectivity index (χ3n) is 7.36. The van der Waals surface area contributed by atoms with Gasteiger partial charge < -0.3 is 19.7 Å². The second kappa shape index (κ2) is 25.7. The van der Waals surface area contributed by atoms with Crippen LogP contribution in [0.4, 0.5) is 0 Å². The van der Waals surface area contributed by atoms with E-state index in [4.69, 9.17) is 14.6 Å². The Balaban J connectivity index is 4.53. The van der Waals surface area contributed by atoms with Gasteiger partial charge in [0.15, 0.2) is 6.29 Å². The van der Waals surface area contributed by atoms with Crippen molar-refractivity contribution in [3.05, 3.63) is 0 Å². The number of aliphatic carboxylic acids is 1. The lowest BCUT2D eigenvalue weighted by molar-refractivity contribution is -0.183. The molecule has 6 nitrogen and oxygen atoms in total. The summed E-state index contributed by atoms with van der Waals surface area (Å²) in [6.45, 7) is 5.80. The predicted molar refractivity (Wildman–Crippen MR) is 163 cm³/mol. The minimum Gasteiger partial charge on any atom is -0.476 e. The Labute approximate surface area is 241 Å². The van der Waals surface area contributed by atoms with E-state index in [2.05, 4.69) is 26.5 Å². The number of hydrogen-bond acceptors (Lipinski definition) is 6. The van der Waals surface area contributed by atoms with Crippen LogP contribution >= 0.6 is 21.1 Å². The van der Waals surface area contributed by atoms with Crippen molar-refractivity contribution in [3.8, 4) is 0 Å². The molecule has 0 aromatic carbocycles. The number of ether oxygens (including phenoxy) is 2. The van der Waals surface area contributed by atoms with Crippen LogP contribution in [-0.2, 0) is 18.8 Å². The molecule has 0 aromatic heterocycles. The van der Waals surface area contributed by atoms with Crippen molar-refractivity contribution in [2.75, 3.05) is 6.61 Å². The fraction of sp³-hybridized carbons (Fsp3) is 0.967. The molecule has 0 saturated carbocycles. The van der Waals surface area contributed by atoms with Crippen LogP contribution in [0.5, 0.6) is 0 Å². The molecular formula is C30H60O6PS+. The van der Waals surface area contributed by atoms with E-state index in [0.29, 0.717) is 12.3 Å². The standard InChI is InChI=1S/C30H59O6PS/c1-4-7-9-11-13-14-15-17-19-21-23-26(22-20-18-16-12-10-8-5-2)24-28(38)36-27(6-3)35-25-30(33,37-34)29(31)32/h26-28,33,38H,4-25H2,1-3H3,(H,31,32)/p+1. The van der Waals surface area contributed by atoms with E-state index in [0.717, 1.165) is 6.42 Å². The van der Waals surface area contributed by atoms with Crippen LogP contribution in [0.3, 0.4) is 0 Å². The van der Waals surface area contributed by atoms with E-state index in [1.807, 2.05) is 6.92 Å². The summed E-state index contributed by atoms with van der Waals surface area (Å²) in [6.07, 6.45) is 25.4. The Morgan fingerprint density at radius 2 is 1.21 bits per heavy atom. The maximum Gasteiger partial charge on any atom is 0.390 e. The number of aliphatic hydroxyl groups is 1. The normalized spacial score (nSPS) is 15.8. The van der Waals surface area contributed by atoms with E-state index in [1.165, 1.54) is 122 Å². The molecule has 38 heavy (non-hydrogen) atoms. The SMILES string of the molecule is CCCCCCCCCCCCC(CCCCCCCCC)CC(S)OC(CC)OCC(O)([PH+]=O)C(=O)O. The first kappa shape index (κ1) is 37.8. The molecule has 226 valence electrons. The third kappa shape index (κ3) is 20.7. The smallest absolute Gasteiger partial charge is 0.390 e. The van der Waals surface area contributed by atoms with Crippen LogP contribution in [0.2, 0.25) is 0 Å². The van der Waals surface area contributed by atoms with E-state index in [-0.39, 0.29) is 5.44 Å². The molecule has 0 radical (unpaired) electrons. The zero-order chi connectivity index (χ0) is 28.5. The number of hydrogen-bond donors (Lipinski definition) is 3. The molecule has 8 heteroatoms. The highest BCUT2D eigenvalue weighted by molar-refractivity contribution is 7.80. The Morgan fingerprint density at radius 1 is 0.789 bits per heavy atom. The zero-order valence-corrected chi connectivity index (χ0v) is 26.7. The van der Waals surface area contributed by atoms with Crippen LogP contribution in [0, 0.1) is 5.92 Å². The summed E-state index contributed by atoms with van der Waals surface area (Å²) in [6, 6.07) is 0. The topological polar surface area (TPSA) is 93.1 Å². The van der Waals surface area contributed by atoms with Gasteiger partial charge in [0.25, 0.3) is 0 Å². The van der Waals surface area contributed by atoms with Gasteiger partial charge in [-0.1, -0.05) is 147 Å². The van der Waals surface area contributed by atoms with E-state index in [9.17, 15) is 14.5 Å². The third-order valence-corrected chi connectivity index (χ3v) is 8.39. The fourth-order valence-corrected chi connectivity index (χ4v) is 5.47. The summed E-state index contributed by atoms with van der Waals surface area (Å²) in [7, 11) is -1.42. The van der Waals surface area contributed by atoms with Crippen LogP contribution in [-0.4, -0.2) is 39.9 Å². The molecule has 0 fully saturated rings. The first-order valence-corrected chi connectivity index (χ1v) is 17.1. The van der Waals surface area contributed by atoms with Gasteiger partial charge in [-0.3, -0.25) is 0 Å². The van der Waals surface area contributed by atoms with Crippen molar-refractivity contribution in [2.45, 2.75) is 173 Å². The Hall–Kier alpha value is -0.200. The Morgan fingerprint density at radius 3 is 1.58 bits per heavy atom. The van der Waals surface area contributed by atoms with Gasteiger partial charge in [0.2, 0.25) is 0 Å². The average molecular weight is 580 g/mol. The van der Waals surface area contributed by atoms with Gasteiger partial charge in [-0.25, -0.2) is 4.79 Å². The van der Waals surface area contributed by atoms with Crippen LogP contribution in [0.15, 0.2) is 0 Å². The van der Waals surface area contributed by atoms with Crippen LogP contribution in [0.25, 0.3) is 0 Å². The quantitative estimate of drug-likeness (QED) is 0.0354. The highest BCUT2D eigenvalue weighted by atomic mass is 32.1. The molecule has 0 saturated heterocycles. The van der Waals surface area contributed by atoms with Gasteiger partial charge in [-0.2, -0.15) is 0 Å². The molecule has 2 N–H and O–H groups in total. The second-order valence-corrected chi connectivity index (χ2v) is 12.6. The lowest BCUT2D eigenvalue weighted by Crippen LogP contribution is -2.39. The number of carboxylic acids is 1. The van der Waals surface area contributed by atoms with Gasteiger partial charge in [0.1, 0.15) is 12.0 Å². The van der Waals surface area contributed by atoms with E-state index >= 15 is 0 Å². The van der Waals surface area contributed by atoms with Crippen LogP contribution in [0.1, 0.15) is 156 Å². The summed E-state index contributed by atoms with van der Waals surface area (Å²) < 4.78 is 22.6. The Bertz CT molecular complexity index is 567. The van der Waals surface area contributed by atoms with Crippen molar-refractivity contribution < 1.29 is 29.0 Å². The molecule has 0 aromatic rings. The van der Waals surface area contributed by atoms with Crippen molar-refractivity contribution in [3.63, 3.8) is 0 Å². The lowest BCUT2D eigenvalue weighted by atomic mass is 9.91. The van der Waals surface area contributed by atoms with E-state index < -0.39 is 32.7 Å². The maximum atomic E-state index is 11.2. The van der Waals surface area contributed by atoms with Crippen molar-refractivity contribution >= 4 is 27.1 Å². The monoisotopic (exact) mass is 579 g/mol. The molecule has 0 rings (SSSR count). The maximum absolute atomic E-state index is 11.2. The van der Waals surface area contributed by atoms with Gasteiger partial charge in [-0.05, 0) is 18.8 Å². The van der Waals surface area contributed by atoms with Crippen molar-refractivity contribution in [1.82, 2.24) is 0 Å². The molecule has 0 spiro atoms. The highest BCUT2D eigenvalue weighted by Crippen LogP contribution is 2.27. The number of thiol groups is 1. The van der Waals surface area contributed by atoms with Gasteiger partial charge in [0.05, 0.1) is 0 Å². The minimum absolute atomic E-state index is 0.328. The number of rotatable bonds is 29. The zero-order valence-electron chi connectivity index (χ0n) is 24.8. The minimum atomic E-state index is -2.40. The summed E-state index contributed by atoms with van der Waals surface area (Å²) in [5.74, 6) is -1.02. The molecule has 5 atom stereocenters. The fourth-order valence-electron chi connectivity index (χ4n) is 4.81. The first-order valence-electron chi connectivity index (χ1n) is 15.6. The summed E-state index contributed by atoms with van der Waals surface area (Å²) in [5, 5.41) is 16.6. The number of carbonyl (C=O) groups is 1. The predicted octanol–water partition coefficient (Wildman–Crippen LogP) is 9.27. The molecule has 0 bridgehead atoms.